The second-order valence-corrected chi connectivity index (χ2v) is 9.00. The van der Waals surface area contributed by atoms with Gasteiger partial charge in [-0.1, -0.05) is 13.8 Å². The van der Waals surface area contributed by atoms with E-state index in [0.29, 0.717) is 33.6 Å². The van der Waals surface area contributed by atoms with Gasteiger partial charge in [0.25, 0.3) is 11.7 Å². The van der Waals surface area contributed by atoms with Crippen LogP contribution in [0.5, 0.6) is 23.0 Å². The second-order valence-electron chi connectivity index (χ2n) is 8.14. The minimum Gasteiger partial charge on any atom is -0.507 e. The molecule has 0 aromatic heterocycles. The van der Waals surface area contributed by atoms with Crippen LogP contribution in [-0.2, 0) is 9.59 Å². The standard InChI is InChI=1S/C26H31BrN2O7/c1-6-28(7-2)10-11-29-22(16-12-17(27)24(31)20(14-16)36-5)21(25(32)26(29)33)23(30)15-8-9-18(34-3)19(13-15)35-4/h8-9,12-14,22,30-31H,6-7,10-11H2,1-5H3/b23-21-. The number of halogens is 1. The normalized spacial score (nSPS) is 17.1. The zero-order chi connectivity index (χ0) is 26.6. The van der Waals surface area contributed by atoms with Gasteiger partial charge in [0.05, 0.1) is 37.4 Å². The van der Waals surface area contributed by atoms with Gasteiger partial charge in [0.2, 0.25) is 0 Å². The van der Waals surface area contributed by atoms with Gasteiger partial charge in [-0.15, -0.1) is 0 Å². The van der Waals surface area contributed by atoms with Crippen LogP contribution in [0.3, 0.4) is 0 Å². The molecule has 1 unspecified atom stereocenters. The van der Waals surface area contributed by atoms with Gasteiger partial charge in [0.15, 0.2) is 23.0 Å². The fourth-order valence-corrected chi connectivity index (χ4v) is 4.75. The van der Waals surface area contributed by atoms with Crippen molar-refractivity contribution in [3.8, 4) is 23.0 Å². The number of carbonyl (C=O) groups excluding carboxylic acids is 2. The Bertz CT molecular complexity index is 1180. The number of hydrogen-bond donors (Lipinski definition) is 2. The topological polar surface area (TPSA) is 109 Å². The van der Waals surface area contributed by atoms with Crippen LogP contribution in [0.4, 0.5) is 0 Å². The van der Waals surface area contributed by atoms with Crippen LogP contribution in [0.2, 0.25) is 0 Å². The molecule has 36 heavy (non-hydrogen) atoms. The molecule has 1 fully saturated rings. The number of aromatic hydroxyl groups is 1. The van der Waals surface area contributed by atoms with E-state index in [2.05, 4.69) is 20.8 Å². The molecule has 1 aliphatic heterocycles. The third-order valence-corrected chi connectivity index (χ3v) is 6.94. The lowest BCUT2D eigenvalue weighted by molar-refractivity contribution is -0.140. The van der Waals surface area contributed by atoms with Crippen molar-refractivity contribution in [3.63, 3.8) is 0 Å². The van der Waals surface area contributed by atoms with E-state index in [9.17, 15) is 19.8 Å². The van der Waals surface area contributed by atoms with E-state index < -0.39 is 17.7 Å². The summed E-state index contributed by atoms with van der Waals surface area (Å²) in [6.45, 7) is 6.43. The van der Waals surface area contributed by atoms with Gasteiger partial charge in [0, 0.05) is 18.7 Å². The lowest BCUT2D eigenvalue weighted by Gasteiger charge is -2.28. The zero-order valence-electron chi connectivity index (χ0n) is 21.0. The molecule has 0 aliphatic carbocycles. The number of phenols is 1. The Morgan fingerprint density at radius 2 is 1.64 bits per heavy atom. The lowest BCUT2D eigenvalue weighted by Crippen LogP contribution is -2.38. The molecule has 1 amide bonds. The number of amides is 1. The number of carbonyl (C=O) groups is 2. The van der Waals surface area contributed by atoms with Crippen molar-refractivity contribution in [2.24, 2.45) is 0 Å². The van der Waals surface area contributed by atoms with Gasteiger partial charge in [-0.25, -0.2) is 0 Å². The average molecular weight is 563 g/mol. The van der Waals surface area contributed by atoms with E-state index in [1.165, 1.54) is 26.2 Å². The number of likely N-dealkylation sites (N-methyl/N-ethyl adjacent to an activating group) is 1. The summed E-state index contributed by atoms with van der Waals surface area (Å²) in [5, 5.41) is 21.7. The molecule has 2 N–H and O–H groups in total. The van der Waals surface area contributed by atoms with Gasteiger partial charge < -0.3 is 34.2 Å². The zero-order valence-corrected chi connectivity index (χ0v) is 22.6. The molecule has 194 valence electrons. The number of hydrogen-bond acceptors (Lipinski definition) is 8. The van der Waals surface area contributed by atoms with Crippen LogP contribution >= 0.6 is 15.9 Å². The number of nitrogens with zero attached hydrogens (tertiary/aromatic N) is 2. The fraction of sp³-hybridized carbons (Fsp3) is 0.385. The molecule has 1 aliphatic rings. The van der Waals surface area contributed by atoms with E-state index in [1.54, 1.807) is 30.3 Å². The maximum Gasteiger partial charge on any atom is 0.295 e. The molecule has 1 atom stereocenters. The molecule has 2 aromatic rings. The van der Waals surface area contributed by atoms with Crippen LogP contribution in [0, 0.1) is 0 Å². The first kappa shape index (κ1) is 27.3. The highest BCUT2D eigenvalue weighted by Crippen LogP contribution is 2.44. The summed E-state index contributed by atoms with van der Waals surface area (Å²) in [6, 6.07) is 7.01. The van der Waals surface area contributed by atoms with Crippen molar-refractivity contribution >= 4 is 33.4 Å². The van der Waals surface area contributed by atoms with E-state index in [0.717, 1.165) is 13.1 Å². The Hall–Kier alpha value is -3.24. The van der Waals surface area contributed by atoms with Crippen LogP contribution in [-0.4, -0.2) is 79.2 Å². The number of rotatable bonds is 10. The van der Waals surface area contributed by atoms with Crippen molar-refractivity contribution in [3.05, 3.63) is 51.5 Å². The SMILES string of the molecule is CCN(CC)CCN1C(=O)C(=O)/C(=C(\O)c2ccc(OC)c(OC)c2)C1c1cc(Br)c(O)c(OC)c1. The summed E-state index contributed by atoms with van der Waals surface area (Å²) in [6.07, 6.45) is 0. The van der Waals surface area contributed by atoms with Gasteiger partial charge in [-0.3, -0.25) is 9.59 Å². The van der Waals surface area contributed by atoms with Gasteiger partial charge in [-0.05, 0) is 64.9 Å². The number of phenolic OH excluding ortho intramolecular Hbond substituents is 1. The van der Waals surface area contributed by atoms with Crippen LogP contribution in [0.15, 0.2) is 40.4 Å². The lowest BCUT2D eigenvalue weighted by atomic mass is 9.94. The number of ether oxygens (including phenoxy) is 3. The van der Waals surface area contributed by atoms with Crippen molar-refractivity contribution in [2.45, 2.75) is 19.9 Å². The average Bonchev–Trinajstić information content (AvgIpc) is 3.14. The van der Waals surface area contributed by atoms with E-state index >= 15 is 0 Å². The predicted molar refractivity (Wildman–Crippen MR) is 139 cm³/mol. The van der Waals surface area contributed by atoms with Crippen molar-refractivity contribution in [1.82, 2.24) is 9.80 Å². The van der Waals surface area contributed by atoms with Crippen molar-refractivity contribution in [1.29, 1.82) is 0 Å². The predicted octanol–water partition coefficient (Wildman–Crippen LogP) is 3.94. The molecule has 0 spiro atoms. The first-order chi connectivity index (χ1) is 17.2. The number of aliphatic hydroxyl groups is 1. The third kappa shape index (κ3) is 5.15. The van der Waals surface area contributed by atoms with Crippen LogP contribution in [0.25, 0.3) is 5.76 Å². The molecule has 0 saturated carbocycles. The maximum absolute atomic E-state index is 13.3. The van der Waals surface area contributed by atoms with Gasteiger partial charge in [0.1, 0.15) is 5.76 Å². The molecule has 1 heterocycles. The molecular formula is C26H31BrN2O7. The Labute approximate surface area is 219 Å². The molecule has 0 bridgehead atoms. The molecule has 1 saturated heterocycles. The molecule has 2 aromatic carbocycles. The molecular weight excluding hydrogens is 532 g/mol. The van der Waals surface area contributed by atoms with E-state index in [-0.39, 0.29) is 29.4 Å². The number of aliphatic hydroxyl groups excluding tert-OH is 1. The molecule has 10 heteroatoms. The first-order valence-corrected chi connectivity index (χ1v) is 12.3. The highest BCUT2D eigenvalue weighted by Gasteiger charge is 2.46. The summed E-state index contributed by atoms with van der Waals surface area (Å²) >= 11 is 3.32. The summed E-state index contributed by atoms with van der Waals surface area (Å²) in [4.78, 5) is 30.1. The summed E-state index contributed by atoms with van der Waals surface area (Å²) in [5.74, 6) is -0.971. The molecule has 9 nitrogen and oxygen atoms in total. The van der Waals surface area contributed by atoms with Crippen molar-refractivity contribution in [2.75, 3.05) is 47.5 Å². The van der Waals surface area contributed by atoms with E-state index in [1.807, 2.05) is 13.8 Å². The summed E-state index contributed by atoms with van der Waals surface area (Å²) < 4.78 is 16.2. The van der Waals surface area contributed by atoms with Crippen molar-refractivity contribution < 1.29 is 34.0 Å². The molecule has 3 rings (SSSR count). The highest BCUT2D eigenvalue weighted by atomic mass is 79.9. The number of Topliss-reactive ketones (excluding diaryl/α,β-unsaturated/α-hetero) is 1. The van der Waals surface area contributed by atoms with Gasteiger partial charge >= 0.3 is 0 Å². The second kappa shape index (κ2) is 11.7. The van der Waals surface area contributed by atoms with Crippen LogP contribution in [0.1, 0.15) is 31.0 Å². The smallest absolute Gasteiger partial charge is 0.295 e. The first-order valence-electron chi connectivity index (χ1n) is 11.5. The largest absolute Gasteiger partial charge is 0.507 e. The van der Waals surface area contributed by atoms with Crippen LogP contribution < -0.4 is 14.2 Å². The Kier molecular flexibility index (Phi) is 8.86. The van der Waals surface area contributed by atoms with E-state index in [4.69, 9.17) is 14.2 Å². The number of benzene rings is 2. The Balaban J connectivity index is 2.21. The monoisotopic (exact) mass is 562 g/mol. The third-order valence-electron chi connectivity index (χ3n) is 6.33. The Morgan fingerprint density at radius 3 is 2.22 bits per heavy atom. The number of ketones is 1. The summed E-state index contributed by atoms with van der Waals surface area (Å²) in [7, 11) is 4.37. The fourth-order valence-electron chi connectivity index (χ4n) is 4.29. The maximum atomic E-state index is 13.3. The molecule has 0 radical (unpaired) electrons. The number of likely N-dealkylation sites (tertiary alicyclic amines) is 1. The Morgan fingerprint density at radius 1 is 1.00 bits per heavy atom. The minimum absolute atomic E-state index is 0.0635. The summed E-state index contributed by atoms with van der Waals surface area (Å²) in [5.41, 5.74) is 0.730. The number of methoxy groups -OCH3 is 3. The van der Waals surface area contributed by atoms with Gasteiger partial charge in [-0.2, -0.15) is 0 Å². The highest BCUT2D eigenvalue weighted by molar-refractivity contribution is 9.10. The minimum atomic E-state index is -0.903. The quantitative estimate of drug-likeness (QED) is 0.254.